The number of piperidine rings is 1. The van der Waals surface area contributed by atoms with Crippen molar-refractivity contribution in [3.05, 3.63) is 33.8 Å². The van der Waals surface area contributed by atoms with Gasteiger partial charge in [-0.2, -0.15) is 0 Å². The third-order valence-electron chi connectivity index (χ3n) is 3.64. The van der Waals surface area contributed by atoms with Gasteiger partial charge in [0, 0.05) is 22.2 Å². The summed E-state index contributed by atoms with van der Waals surface area (Å²) in [6.45, 7) is 5.51. The summed E-state index contributed by atoms with van der Waals surface area (Å²) in [5.41, 5.74) is 1.00. The minimum absolute atomic E-state index is 0.746. The van der Waals surface area contributed by atoms with Crippen LogP contribution in [-0.2, 0) is 6.54 Å². The summed E-state index contributed by atoms with van der Waals surface area (Å²) >= 11 is 12.3. The molecule has 1 heterocycles. The van der Waals surface area contributed by atoms with Crippen LogP contribution in [-0.4, -0.2) is 31.1 Å². The fourth-order valence-electron chi connectivity index (χ4n) is 2.53. The van der Waals surface area contributed by atoms with Gasteiger partial charge in [0.1, 0.15) is 0 Å². The Labute approximate surface area is 126 Å². The molecular formula is C15H22Cl2N2. The molecule has 0 atom stereocenters. The van der Waals surface area contributed by atoms with E-state index in [-0.39, 0.29) is 0 Å². The standard InChI is InChI=1S/C15H22Cl2N2/c16-14-6-4-7-15(17)13(14)12-18-8-5-11-19-9-2-1-3-10-19/h4,6-7,18H,1-3,5,8-12H2. The summed E-state index contributed by atoms with van der Waals surface area (Å²) < 4.78 is 0. The molecule has 1 aliphatic rings. The second kappa shape index (κ2) is 8.11. The molecule has 0 saturated carbocycles. The minimum Gasteiger partial charge on any atom is -0.313 e. The van der Waals surface area contributed by atoms with Gasteiger partial charge in [-0.25, -0.2) is 0 Å². The van der Waals surface area contributed by atoms with Crippen LogP contribution in [0.15, 0.2) is 18.2 Å². The molecule has 2 nitrogen and oxygen atoms in total. The first-order chi connectivity index (χ1) is 9.27. The number of hydrogen-bond acceptors (Lipinski definition) is 2. The first kappa shape index (κ1) is 15.1. The summed E-state index contributed by atoms with van der Waals surface area (Å²) in [6.07, 6.45) is 5.31. The van der Waals surface area contributed by atoms with E-state index < -0.39 is 0 Å². The Morgan fingerprint density at radius 3 is 2.42 bits per heavy atom. The molecule has 1 aromatic rings. The van der Waals surface area contributed by atoms with E-state index in [0.29, 0.717) is 0 Å². The van der Waals surface area contributed by atoms with Crippen molar-refractivity contribution >= 4 is 23.2 Å². The average Bonchev–Trinajstić information content (AvgIpc) is 2.42. The SMILES string of the molecule is Clc1cccc(Cl)c1CNCCCN1CCCCC1. The van der Waals surface area contributed by atoms with Crippen LogP contribution in [0.2, 0.25) is 10.0 Å². The van der Waals surface area contributed by atoms with Crippen molar-refractivity contribution in [2.75, 3.05) is 26.2 Å². The van der Waals surface area contributed by atoms with Crippen LogP contribution < -0.4 is 5.32 Å². The highest BCUT2D eigenvalue weighted by Gasteiger charge is 2.09. The van der Waals surface area contributed by atoms with E-state index in [1.807, 2.05) is 18.2 Å². The van der Waals surface area contributed by atoms with Gasteiger partial charge in [-0.15, -0.1) is 0 Å². The van der Waals surface area contributed by atoms with Crippen LogP contribution in [0.25, 0.3) is 0 Å². The summed E-state index contributed by atoms with van der Waals surface area (Å²) in [5, 5.41) is 4.92. The lowest BCUT2D eigenvalue weighted by Gasteiger charge is -2.26. The maximum Gasteiger partial charge on any atom is 0.0465 e. The van der Waals surface area contributed by atoms with Gasteiger partial charge in [0.05, 0.1) is 0 Å². The zero-order chi connectivity index (χ0) is 13.5. The van der Waals surface area contributed by atoms with E-state index in [4.69, 9.17) is 23.2 Å². The van der Waals surface area contributed by atoms with Crippen LogP contribution in [0.5, 0.6) is 0 Å². The van der Waals surface area contributed by atoms with E-state index >= 15 is 0 Å². The Hall–Kier alpha value is -0.280. The van der Waals surface area contributed by atoms with Crippen molar-refractivity contribution in [1.29, 1.82) is 0 Å². The Morgan fingerprint density at radius 2 is 1.74 bits per heavy atom. The van der Waals surface area contributed by atoms with Gasteiger partial charge in [0.25, 0.3) is 0 Å². The molecule has 4 heteroatoms. The zero-order valence-corrected chi connectivity index (χ0v) is 12.8. The highest BCUT2D eigenvalue weighted by molar-refractivity contribution is 6.35. The van der Waals surface area contributed by atoms with Gasteiger partial charge in [-0.05, 0) is 57.6 Å². The summed E-state index contributed by atoms with van der Waals surface area (Å²) in [7, 11) is 0. The van der Waals surface area contributed by atoms with E-state index in [2.05, 4.69) is 10.2 Å². The highest BCUT2D eigenvalue weighted by atomic mass is 35.5. The number of nitrogens with one attached hydrogen (secondary N) is 1. The van der Waals surface area contributed by atoms with Crippen LogP contribution in [0.3, 0.4) is 0 Å². The van der Waals surface area contributed by atoms with Crippen molar-refractivity contribution < 1.29 is 0 Å². The largest absolute Gasteiger partial charge is 0.313 e. The van der Waals surface area contributed by atoms with Crippen LogP contribution in [0.4, 0.5) is 0 Å². The van der Waals surface area contributed by atoms with E-state index in [9.17, 15) is 0 Å². The second-order valence-electron chi connectivity index (χ2n) is 5.13. The van der Waals surface area contributed by atoms with Crippen molar-refractivity contribution in [2.24, 2.45) is 0 Å². The summed E-state index contributed by atoms with van der Waals surface area (Å²) in [4.78, 5) is 2.56. The fraction of sp³-hybridized carbons (Fsp3) is 0.600. The molecule has 2 rings (SSSR count). The quantitative estimate of drug-likeness (QED) is 0.800. The molecule has 0 unspecified atom stereocenters. The number of halogens is 2. The molecule has 1 aromatic carbocycles. The van der Waals surface area contributed by atoms with Gasteiger partial charge in [-0.1, -0.05) is 35.7 Å². The van der Waals surface area contributed by atoms with E-state index in [1.54, 1.807) is 0 Å². The lowest BCUT2D eigenvalue weighted by atomic mass is 10.1. The number of nitrogens with zero attached hydrogens (tertiary/aromatic N) is 1. The lowest BCUT2D eigenvalue weighted by molar-refractivity contribution is 0.225. The monoisotopic (exact) mass is 300 g/mol. The number of hydrogen-bond donors (Lipinski definition) is 1. The Kier molecular flexibility index (Phi) is 6.45. The van der Waals surface area contributed by atoms with Gasteiger partial charge in [-0.3, -0.25) is 0 Å². The Balaban J connectivity index is 1.63. The normalized spacial score (nSPS) is 16.7. The topological polar surface area (TPSA) is 15.3 Å². The Morgan fingerprint density at radius 1 is 1.05 bits per heavy atom. The van der Waals surface area contributed by atoms with Gasteiger partial charge < -0.3 is 10.2 Å². The molecule has 0 radical (unpaired) electrons. The van der Waals surface area contributed by atoms with E-state index in [1.165, 1.54) is 45.3 Å². The van der Waals surface area contributed by atoms with Gasteiger partial charge in [0.15, 0.2) is 0 Å². The molecule has 0 amide bonds. The summed E-state index contributed by atoms with van der Waals surface area (Å²) in [5.74, 6) is 0. The smallest absolute Gasteiger partial charge is 0.0465 e. The van der Waals surface area contributed by atoms with Crippen molar-refractivity contribution in [1.82, 2.24) is 10.2 Å². The average molecular weight is 301 g/mol. The zero-order valence-electron chi connectivity index (χ0n) is 11.3. The number of likely N-dealkylation sites (tertiary alicyclic amines) is 1. The maximum absolute atomic E-state index is 6.13. The molecule has 0 spiro atoms. The van der Waals surface area contributed by atoms with Crippen LogP contribution in [0, 0.1) is 0 Å². The van der Waals surface area contributed by atoms with Gasteiger partial charge in [0.2, 0.25) is 0 Å². The first-order valence-corrected chi connectivity index (χ1v) is 7.89. The maximum atomic E-state index is 6.13. The third-order valence-corrected chi connectivity index (χ3v) is 4.35. The van der Waals surface area contributed by atoms with Crippen molar-refractivity contribution in [3.63, 3.8) is 0 Å². The molecule has 1 aliphatic heterocycles. The van der Waals surface area contributed by atoms with Gasteiger partial charge >= 0.3 is 0 Å². The van der Waals surface area contributed by atoms with E-state index in [0.717, 1.165) is 28.7 Å². The summed E-state index contributed by atoms with van der Waals surface area (Å²) in [6, 6.07) is 5.65. The van der Waals surface area contributed by atoms with Crippen LogP contribution >= 0.6 is 23.2 Å². The molecule has 19 heavy (non-hydrogen) atoms. The van der Waals surface area contributed by atoms with Crippen molar-refractivity contribution in [2.45, 2.75) is 32.2 Å². The molecule has 1 N–H and O–H groups in total. The molecule has 0 aliphatic carbocycles. The molecule has 1 fully saturated rings. The first-order valence-electron chi connectivity index (χ1n) is 7.13. The molecule has 1 saturated heterocycles. The van der Waals surface area contributed by atoms with Crippen LogP contribution in [0.1, 0.15) is 31.2 Å². The van der Waals surface area contributed by atoms with Crippen molar-refractivity contribution in [3.8, 4) is 0 Å². The molecule has 106 valence electrons. The predicted octanol–water partition coefficient (Wildman–Crippen LogP) is 3.96. The minimum atomic E-state index is 0.746. The number of rotatable bonds is 6. The molecule has 0 bridgehead atoms. The third kappa shape index (κ3) is 4.96. The molecule has 0 aromatic heterocycles. The highest BCUT2D eigenvalue weighted by Crippen LogP contribution is 2.23. The second-order valence-corrected chi connectivity index (χ2v) is 5.95. The predicted molar refractivity (Wildman–Crippen MR) is 83.1 cm³/mol. The fourth-order valence-corrected chi connectivity index (χ4v) is 3.06. The molecular weight excluding hydrogens is 279 g/mol. The number of benzene rings is 1. The lowest BCUT2D eigenvalue weighted by Crippen LogP contribution is -2.32. The Bertz CT molecular complexity index is 369.